The molecule has 3 atom stereocenters. The lowest BCUT2D eigenvalue weighted by Crippen LogP contribution is -2.29. The summed E-state index contributed by atoms with van der Waals surface area (Å²) in [7, 11) is 0. The van der Waals surface area contributed by atoms with Crippen LogP contribution < -0.4 is 0 Å². The summed E-state index contributed by atoms with van der Waals surface area (Å²) in [5, 5.41) is 0.688. The summed E-state index contributed by atoms with van der Waals surface area (Å²) in [6, 6.07) is 4.68. The molecule has 106 valence electrons. The lowest BCUT2D eigenvalue weighted by molar-refractivity contribution is 0.222. The average Bonchev–Trinajstić information content (AvgIpc) is 2.36. The molecule has 1 aliphatic rings. The van der Waals surface area contributed by atoms with Crippen molar-refractivity contribution in [3.8, 4) is 0 Å². The number of halogens is 3. The highest BCUT2D eigenvalue weighted by atomic mass is 79.9. The predicted molar refractivity (Wildman–Crippen MR) is 83.5 cm³/mol. The van der Waals surface area contributed by atoms with Gasteiger partial charge >= 0.3 is 0 Å². The number of hydrogen-bond acceptors (Lipinski definition) is 0. The third-order valence-corrected chi connectivity index (χ3v) is 5.94. The zero-order valence-electron chi connectivity index (χ0n) is 11.5. The molecular formula is C16H21BrClF. The first-order valence-electron chi connectivity index (χ1n) is 7.05. The van der Waals surface area contributed by atoms with Crippen LogP contribution in [0.2, 0.25) is 5.02 Å². The zero-order valence-corrected chi connectivity index (χ0v) is 13.8. The van der Waals surface area contributed by atoms with Crippen LogP contribution >= 0.6 is 27.5 Å². The Kier molecular flexibility index (Phi) is 5.30. The molecule has 0 aliphatic heterocycles. The highest BCUT2D eigenvalue weighted by molar-refractivity contribution is 9.09. The first kappa shape index (κ1) is 15.3. The lowest BCUT2D eigenvalue weighted by atomic mass is 9.74. The van der Waals surface area contributed by atoms with E-state index in [-0.39, 0.29) is 5.82 Å². The monoisotopic (exact) mass is 346 g/mol. The van der Waals surface area contributed by atoms with Gasteiger partial charge in [-0.1, -0.05) is 41.4 Å². The number of rotatable bonds is 3. The van der Waals surface area contributed by atoms with Gasteiger partial charge in [-0.05, 0) is 67.2 Å². The Hall–Kier alpha value is -0.0800. The van der Waals surface area contributed by atoms with Gasteiger partial charge in [0.05, 0.1) is 0 Å². The molecule has 1 saturated carbocycles. The lowest BCUT2D eigenvalue weighted by Gasteiger charge is -2.35. The van der Waals surface area contributed by atoms with Gasteiger partial charge in [-0.25, -0.2) is 4.39 Å². The minimum Gasteiger partial charge on any atom is -0.207 e. The van der Waals surface area contributed by atoms with Gasteiger partial charge in [0.2, 0.25) is 0 Å². The maximum atomic E-state index is 13.3. The first-order chi connectivity index (χ1) is 8.97. The maximum Gasteiger partial charge on any atom is 0.123 e. The molecule has 0 radical (unpaired) electrons. The number of alkyl halides is 1. The normalized spacial score (nSPS) is 27.8. The van der Waals surface area contributed by atoms with Gasteiger partial charge in [-0.15, -0.1) is 0 Å². The third-order valence-electron chi connectivity index (χ3n) is 4.36. The van der Waals surface area contributed by atoms with Crippen LogP contribution in [0.3, 0.4) is 0 Å². The minimum absolute atomic E-state index is 0.193. The van der Waals surface area contributed by atoms with E-state index in [2.05, 4.69) is 29.8 Å². The van der Waals surface area contributed by atoms with E-state index in [0.29, 0.717) is 15.8 Å². The van der Waals surface area contributed by atoms with Crippen LogP contribution in [-0.4, -0.2) is 4.83 Å². The summed E-state index contributed by atoms with van der Waals surface area (Å²) < 4.78 is 13.3. The van der Waals surface area contributed by atoms with Gasteiger partial charge in [-0.2, -0.15) is 0 Å². The van der Waals surface area contributed by atoms with Crippen LogP contribution in [0.5, 0.6) is 0 Å². The van der Waals surface area contributed by atoms with Gasteiger partial charge in [0.15, 0.2) is 0 Å². The molecule has 0 spiro atoms. The fourth-order valence-electron chi connectivity index (χ4n) is 3.06. The van der Waals surface area contributed by atoms with Gasteiger partial charge in [0.25, 0.3) is 0 Å². The number of hydrogen-bond donors (Lipinski definition) is 0. The van der Waals surface area contributed by atoms with Crippen molar-refractivity contribution in [3.63, 3.8) is 0 Å². The molecule has 1 aliphatic carbocycles. The van der Waals surface area contributed by atoms with Crippen LogP contribution in [-0.2, 0) is 6.42 Å². The fourth-order valence-corrected chi connectivity index (χ4v) is 3.92. The molecule has 1 fully saturated rings. The van der Waals surface area contributed by atoms with E-state index >= 15 is 0 Å². The van der Waals surface area contributed by atoms with Crippen LogP contribution in [0.4, 0.5) is 4.39 Å². The summed E-state index contributed by atoms with van der Waals surface area (Å²) in [5.74, 6) is 1.87. The largest absolute Gasteiger partial charge is 0.207 e. The molecule has 0 bridgehead atoms. The summed E-state index contributed by atoms with van der Waals surface area (Å²) >= 11 is 9.98. The second-order valence-electron chi connectivity index (χ2n) is 6.03. The maximum absolute atomic E-state index is 13.3. The molecule has 0 aromatic heterocycles. The van der Waals surface area contributed by atoms with Crippen molar-refractivity contribution in [1.29, 1.82) is 0 Å². The van der Waals surface area contributed by atoms with Crippen LogP contribution in [0.15, 0.2) is 18.2 Å². The molecule has 3 heteroatoms. The van der Waals surface area contributed by atoms with Gasteiger partial charge in [0.1, 0.15) is 5.82 Å². The van der Waals surface area contributed by atoms with E-state index < -0.39 is 0 Å². The van der Waals surface area contributed by atoms with E-state index in [9.17, 15) is 4.39 Å². The van der Waals surface area contributed by atoms with Crippen molar-refractivity contribution in [2.24, 2.45) is 17.8 Å². The minimum atomic E-state index is -0.193. The quantitative estimate of drug-likeness (QED) is 0.601. The Morgan fingerprint density at radius 2 is 2.11 bits per heavy atom. The first-order valence-corrected chi connectivity index (χ1v) is 8.34. The Morgan fingerprint density at radius 1 is 1.37 bits per heavy atom. The smallest absolute Gasteiger partial charge is 0.123 e. The molecule has 3 unspecified atom stereocenters. The number of benzene rings is 1. The topological polar surface area (TPSA) is 0 Å². The van der Waals surface area contributed by atoms with Gasteiger partial charge < -0.3 is 0 Å². The molecule has 1 aromatic carbocycles. The van der Waals surface area contributed by atoms with Gasteiger partial charge in [-0.3, -0.25) is 0 Å². The van der Waals surface area contributed by atoms with Crippen LogP contribution in [0.1, 0.15) is 38.7 Å². The SMILES string of the molecule is CC(C)C1CCC(Br)C(Cc2cc(F)ccc2Cl)C1. The predicted octanol–water partition coefficient (Wildman–Crippen LogP) is 5.86. The Balaban J connectivity index is 2.09. The molecule has 1 aromatic rings. The molecule has 0 saturated heterocycles. The average molecular weight is 348 g/mol. The zero-order chi connectivity index (χ0) is 14.0. The molecule has 19 heavy (non-hydrogen) atoms. The second-order valence-corrected chi connectivity index (χ2v) is 7.62. The summed E-state index contributed by atoms with van der Waals surface area (Å²) in [4.78, 5) is 0.529. The van der Waals surface area contributed by atoms with E-state index in [1.807, 2.05) is 0 Å². The van der Waals surface area contributed by atoms with Gasteiger partial charge in [0, 0.05) is 9.85 Å². The van der Waals surface area contributed by atoms with Crippen LogP contribution in [0.25, 0.3) is 0 Å². The molecular weight excluding hydrogens is 327 g/mol. The van der Waals surface area contributed by atoms with E-state index in [0.717, 1.165) is 23.8 Å². The summed E-state index contributed by atoms with van der Waals surface area (Å²) in [6.07, 6.45) is 4.58. The fraction of sp³-hybridized carbons (Fsp3) is 0.625. The van der Waals surface area contributed by atoms with E-state index in [4.69, 9.17) is 11.6 Å². The molecule has 2 rings (SSSR count). The van der Waals surface area contributed by atoms with Crippen molar-refractivity contribution in [1.82, 2.24) is 0 Å². The van der Waals surface area contributed by atoms with E-state index in [1.54, 1.807) is 12.1 Å². The Labute approximate surface area is 128 Å². The summed E-state index contributed by atoms with van der Waals surface area (Å²) in [6.45, 7) is 4.59. The second kappa shape index (κ2) is 6.58. The molecule has 0 nitrogen and oxygen atoms in total. The van der Waals surface area contributed by atoms with Crippen molar-refractivity contribution < 1.29 is 4.39 Å². The Bertz CT molecular complexity index is 433. The molecule has 0 heterocycles. The standard InChI is InChI=1S/C16H21BrClF/c1-10(2)11-3-5-15(17)12(7-11)8-13-9-14(19)4-6-16(13)18/h4,6,9-12,15H,3,5,7-8H2,1-2H3. The van der Waals surface area contributed by atoms with Crippen LogP contribution in [0, 0.1) is 23.6 Å². The third kappa shape index (κ3) is 3.95. The van der Waals surface area contributed by atoms with Crippen molar-refractivity contribution in [2.45, 2.75) is 44.4 Å². The highest BCUT2D eigenvalue weighted by Gasteiger charge is 2.30. The Morgan fingerprint density at radius 3 is 2.79 bits per heavy atom. The van der Waals surface area contributed by atoms with Crippen molar-refractivity contribution in [3.05, 3.63) is 34.6 Å². The molecule has 0 amide bonds. The van der Waals surface area contributed by atoms with E-state index in [1.165, 1.54) is 25.3 Å². The summed E-state index contributed by atoms with van der Waals surface area (Å²) in [5.41, 5.74) is 0.945. The van der Waals surface area contributed by atoms with Crippen molar-refractivity contribution in [2.75, 3.05) is 0 Å². The molecule has 0 N–H and O–H groups in total. The van der Waals surface area contributed by atoms with Crippen molar-refractivity contribution >= 4 is 27.5 Å². The highest BCUT2D eigenvalue weighted by Crippen LogP contribution is 2.39.